The van der Waals surface area contributed by atoms with Crippen molar-refractivity contribution < 1.29 is 0 Å². The molecule has 0 aromatic heterocycles. The summed E-state index contributed by atoms with van der Waals surface area (Å²) in [4.78, 5) is 4.46. The van der Waals surface area contributed by atoms with Crippen LogP contribution in [0.2, 0.25) is 0 Å². The summed E-state index contributed by atoms with van der Waals surface area (Å²) in [7, 11) is 0. The Labute approximate surface area is 88.6 Å². The normalized spacial score (nSPS) is 15.1. The van der Waals surface area contributed by atoms with E-state index in [-0.39, 0.29) is 0 Å². The molecule has 1 aliphatic rings. The van der Waals surface area contributed by atoms with Crippen LogP contribution < -0.4 is 5.32 Å². The van der Waals surface area contributed by atoms with E-state index in [0.29, 0.717) is 0 Å². The molecular weight excluding hydrogens is 184 g/mol. The van der Waals surface area contributed by atoms with Gasteiger partial charge in [-0.05, 0) is 10.8 Å². The highest BCUT2D eigenvalue weighted by molar-refractivity contribution is 6.10. The van der Waals surface area contributed by atoms with Crippen molar-refractivity contribution in [3.05, 3.63) is 48.0 Å². The van der Waals surface area contributed by atoms with Gasteiger partial charge in [0, 0.05) is 12.1 Å². The Morgan fingerprint density at radius 2 is 1.87 bits per heavy atom. The lowest BCUT2D eigenvalue weighted by Gasteiger charge is -2.06. The summed E-state index contributed by atoms with van der Waals surface area (Å²) in [5, 5.41) is 5.86. The fraction of sp³-hybridized carbons (Fsp3) is 0.154. The van der Waals surface area contributed by atoms with Gasteiger partial charge in [-0.2, -0.15) is 0 Å². The third-order valence-corrected chi connectivity index (χ3v) is 2.72. The number of nitrogens with one attached hydrogen (secondary N) is 1. The monoisotopic (exact) mass is 196 g/mol. The minimum Gasteiger partial charge on any atom is -0.368 e. The van der Waals surface area contributed by atoms with Gasteiger partial charge in [-0.25, -0.2) is 0 Å². The van der Waals surface area contributed by atoms with E-state index < -0.39 is 0 Å². The van der Waals surface area contributed by atoms with Gasteiger partial charge >= 0.3 is 0 Å². The molecule has 2 aromatic rings. The summed E-state index contributed by atoms with van der Waals surface area (Å²) in [6.07, 6.45) is 0. The Morgan fingerprint density at radius 3 is 2.73 bits per heavy atom. The fourth-order valence-corrected chi connectivity index (χ4v) is 2.01. The molecule has 0 aliphatic carbocycles. The molecule has 0 spiro atoms. The first-order valence-electron chi connectivity index (χ1n) is 5.21. The molecule has 0 bridgehead atoms. The highest BCUT2D eigenvalue weighted by Gasteiger charge is 2.10. The van der Waals surface area contributed by atoms with Crippen molar-refractivity contribution in [1.82, 2.24) is 5.32 Å². The average molecular weight is 196 g/mol. The Balaban J connectivity index is 2.26. The van der Waals surface area contributed by atoms with Gasteiger partial charge in [-0.15, -0.1) is 0 Å². The standard InChI is InChI=1S/C13H12N2/c1-2-6-11-10(4-1)5-3-7-12(11)13-14-8-9-15-13/h1-7H,8-9H2,(H,14,15). The number of amidine groups is 1. The zero-order valence-corrected chi connectivity index (χ0v) is 8.40. The summed E-state index contributed by atoms with van der Waals surface area (Å²) in [5.74, 6) is 1.03. The van der Waals surface area contributed by atoms with Crippen LogP contribution in [-0.2, 0) is 0 Å². The molecule has 1 aliphatic heterocycles. The molecule has 2 aromatic carbocycles. The highest BCUT2D eigenvalue weighted by Crippen LogP contribution is 2.19. The molecule has 0 unspecified atom stereocenters. The van der Waals surface area contributed by atoms with E-state index >= 15 is 0 Å². The predicted octanol–water partition coefficient (Wildman–Crippen LogP) is 2.19. The van der Waals surface area contributed by atoms with Crippen LogP contribution in [0.4, 0.5) is 0 Å². The van der Waals surface area contributed by atoms with Crippen LogP contribution in [0.25, 0.3) is 10.8 Å². The van der Waals surface area contributed by atoms with Crippen molar-refractivity contribution in [3.63, 3.8) is 0 Å². The molecule has 0 radical (unpaired) electrons. The van der Waals surface area contributed by atoms with Crippen LogP contribution in [0.1, 0.15) is 5.56 Å². The Morgan fingerprint density at radius 1 is 1.00 bits per heavy atom. The SMILES string of the molecule is c1ccc2c(C3=NCCN3)cccc2c1. The highest BCUT2D eigenvalue weighted by atomic mass is 15.1. The Hall–Kier alpha value is -1.83. The molecule has 1 heterocycles. The first kappa shape index (κ1) is 8.48. The van der Waals surface area contributed by atoms with Gasteiger partial charge in [0.1, 0.15) is 5.84 Å². The van der Waals surface area contributed by atoms with Gasteiger partial charge in [-0.1, -0.05) is 42.5 Å². The summed E-state index contributed by atoms with van der Waals surface area (Å²) in [6.45, 7) is 1.84. The van der Waals surface area contributed by atoms with Gasteiger partial charge in [0.25, 0.3) is 0 Å². The van der Waals surface area contributed by atoms with E-state index in [1.54, 1.807) is 0 Å². The van der Waals surface area contributed by atoms with Gasteiger partial charge in [0.2, 0.25) is 0 Å². The van der Waals surface area contributed by atoms with E-state index in [4.69, 9.17) is 0 Å². The maximum Gasteiger partial charge on any atom is 0.129 e. The van der Waals surface area contributed by atoms with E-state index in [1.807, 2.05) is 0 Å². The third kappa shape index (κ3) is 1.38. The topological polar surface area (TPSA) is 24.4 Å². The number of rotatable bonds is 1. The minimum absolute atomic E-state index is 0.887. The first-order valence-corrected chi connectivity index (χ1v) is 5.21. The van der Waals surface area contributed by atoms with E-state index in [2.05, 4.69) is 52.8 Å². The van der Waals surface area contributed by atoms with Gasteiger partial charge in [-0.3, -0.25) is 4.99 Å². The van der Waals surface area contributed by atoms with Crippen LogP contribution in [0.3, 0.4) is 0 Å². The molecule has 2 nitrogen and oxygen atoms in total. The van der Waals surface area contributed by atoms with Crippen molar-refractivity contribution in [2.75, 3.05) is 13.1 Å². The lowest BCUT2D eigenvalue weighted by atomic mass is 10.0. The molecule has 1 N–H and O–H groups in total. The molecule has 0 saturated carbocycles. The molecule has 15 heavy (non-hydrogen) atoms. The second kappa shape index (κ2) is 3.39. The maximum atomic E-state index is 4.46. The zero-order chi connectivity index (χ0) is 10.1. The number of fused-ring (bicyclic) bond motifs is 1. The van der Waals surface area contributed by atoms with Crippen LogP contribution in [0.15, 0.2) is 47.5 Å². The van der Waals surface area contributed by atoms with E-state index in [0.717, 1.165) is 18.9 Å². The predicted molar refractivity (Wildman–Crippen MR) is 63.4 cm³/mol. The molecule has 0 atom stereocenters. The van der Waals surface area contributed by atoms with Crippen molar-refractivity contribution in [1.29, 1.82) is 0 Å². The number of aliphatic imine (C=N–C) groups is 1. The van der Waals surface area contributed by atoms with Gasteiger partial charge in [0.15, 0.2) is 0 Å². The van der Waals surface area contributed by atoms with Crippen LogP contribution in [0, 0.1) is 0 Å². The van der Waals surface area contributed by atoms with Crippen LogP contribution >= 0.6 is 0 Å². The first-order chi connectivity index (χ1) is 7.45. The van der Waals surface area contributed by atoms with Gasteiger partial charge < -0.3 is 5.32 Å². The van der Waals surface area contributed by atoms with Crippen LogP contribution in [-0.4, -0.2) is 18.9 Å². The molecular formula is C13H12N2. The lowest BCUT2D eigenvalue weighted by Crippen LogP contribution is -2.19. The van der Waals surface area contributed by atoms with Crippen molar-refractivity contribution >= 4 is 16.6 Å². The lowest BCUT2D eigenvalue weighted by molar-refractivity contribution is 0.960. The van der Waals surface area contributed by atoms with Crippen molar-refractivity contribution in [2.24, 2.45) is 4.99 Å². The average Bonchev–Trinajstić information content (AvgIpc) is 2.82. The van der Waals surface area contributed by atoms with Crippen molar-refractivity contribution in [3.8, 4) is 0 Å². The fourth-order valence-electron chi connectivity index (χ4n) is 2.01. The number of hydrogen-bond donors (Lipinski definition) is 1. The zero-order valence-electron chi connectivity index (χ0n) is 8.40. The summed E-state index contributed by atoms with van der Waals surface area (Å²) in [6, 6.07) is 14.8. The number of hydrogen-bond acceptors (Lipinski definition) is 2. The molecule has 74 valence electrons. The van der Waals surface area contributed by atoms with E-state index in [9.17, 15) is 0 Å². The van der Waals surface area contributed by atoms with E-state index in [1.165, 1.54) is 16.3 Å². The second-order valence-corrected chi connectivity index (χ2v) is 3.68. The molecule has 0 amide bonds. The molecule has 0 fully saturated rings. The largest absolute Gasteiger partial charge is 0.368 e. The Kier molecular flexibility index (Phi) is 1.91. The molecule has 3 rings (SSSR count). The number of benzene rings is 2. The number of nitrogens with zero attached hydrogens (tertiary/aromatic N) is 1. The minimum atomic E-state index is 0.887. The smallest absolute Gasteiger partial charge is 0.129 e. The summed E-state index contributed by atoms with van der Waals surface area (Å²) < 4.78 is 0. The van der Waals surface area contributed by atoms with Crippen LogP contribution in [0.5, 0.6) is 0 Å². The summed E-state index contributed by atoms with van der Waals surface area (Å²) in [5.41, 5.74) is 1.21. The molecule has 0 saturated heterocycles. The third-order valence-electron chi connectivity index (χ3n) is 2.72. The second-order valence-electron chi connectivity index (χ2n) is 3.68. The quantitative estimate of drug-likeness (QED) is 0.742. The Bertz CT molecular complexity index is 524. The van der Waals surface area contributed by atoms with Crippen molar-refractivity contribution in [2.45, 2.75) is 0 Å². The maximum absolute atomic E-state index is 4.46. The van der Waals surface area contributed by atoms with Gasteiger partial charge in [0.05, 0.1) is 6.54 Å². The molecule has 2 heteroatoms. The summed E-state index contributed by atoms with van der Waals surface area (Å²) >= 11 is 0.